The standard InChI is InChI=1S/C16H16BrClS/c1-11(2)12(10-18)9-13-7-8-16(19-13)14-5-3-4-6-15(14)17/h3-9,11H,10H2,1-2H3. The van der Waals surface area contributed by atoms with Crippen LogP contribution in [0.2, 0.25) is 0 Å². The molecule has 0 aliphatic rings. The summed E-state index contributed by atoms with van der Waals surface area (Å²) in [6, 6.07) is 12.6. The largest absolute Gasteiger partial charge is 0.136 e. The van der Waals surface area contributed by atoms with Crippen molar-refractivity contribution in [3.05, 3.63) is 51.3 Å². The van der Waals surface area contributed by atoms with Crippen LogP contribution >= 0.6 is 38.9 Å². The molecule has 1 heterocycles. The van der Waals surface area contributed by atoms with Gasteiger partial charge in [-0.1, -0.05) is 53.5 Å². The highest BCUT2D eigenvalue weighted by molar-refractivity contribution is 9.10. The van der Waals surface area contributed by atoms with E-state index in [1.807, 2.05) is 6.07 Å². The van der Waals surface area contributed by atoms with Gasteiger partial charge in [0.05, 0.1) is 0 Å². The molecule has 0 fully saturated rings. The van der Waals surface area contributed by atoms with Crippen LogP contribution in [0.5, 0.6) is 0 Å². The lowest BCUT2D eigenvalue weighted by molar-refractivity contribution is 0.778. The molecule has 19 heavy (non-hydrogen) atoms. The molecule has 0 unspecified atom stereocenters. The van der Waals surface area contributed by atoms with Gasteiger partial charge in [-0.05, 0) is 30.2 Å². The van der Waals surface area contributed by atoms with Crippen LogP contribution in [0.15, 0.2) is 46.4 Å². The van der Waals surface area contributed by atoms with Gasteiger partial charge in [0.15, 0.2) is 0 Å². The highest BCUT2D eigenvalue weighted by atomic mass is 79.9. The van der Waals surface area contributed by atoms with E-state index in [1.165, 1.54) is 20.9 Å². The Morgan fingerprint density at radius 3 is 2.63 bits per heavy atom. The van der Waals surface area contributed by atoms with E-state index in [0.717, 1.165) is 4.47 Å². The molecule has 100 valence electrons. The van der Waals surface area contributed by atoms with Gasteiger partial charge in [-0.2, -0.15) is 0 Å². The Morgan fingerprint density at radius 1 is 1.26 bits per heavy atom. The van der Waals surface area contributed by atoms with Crippen molar-refractivity contribution in [2.45, 2.75) is 13.8 Å². The first-order chi connectivity index (χ1) is 9.11. The van der Waals surface area contributed by atoms with E-state index < -0.39 is 0 Å². The van der Waals surface area contributed by atoms with Crippen LogP contribution in [0.4, 0.5) is 0 Å². The maximum atomic E-state index is 5.99. The molecule has 0 radical (unpaired) electrons. The lowest BCUT2D eigenvalue weighted by Crippen LogP contribution is -1.94. The quantitative estimate of drug-likeness (QED) is 0.552. The first-order valence-corrected chi connectivity index (χ1v) is 8.37. The topological polar surface area (TPSA) is 0 Å². The number of alkyl halides is 1. The molecule has 0 saturated carbocycles. The van der Waals surface area contributed by atoms with E-state index >= 15 is 0 Å². The summed E-state index contributed by atoms with van der Waals surface area (Å²) in [5, 5.41) is 0. The third-order valence-corrected chi connectivity index (χ3v) is 5.06. The zero-order valence-electron chi connectivity index (χ0n) is 11.0. The van der Waals surface area contributed by atoms with E-state index in [9.17, 15) is 0 Å². The van der Waals surface area contributed by atoms with Crippen molar-refractivity contribution < 1.29 is 0 Å². The molecule has 0 aliphatic carbocycles. The van der Waals surface area contributed by atoms with Crippen molar-refractivity contribution >= 4 is 44.9 Å². The molecule has 0 amide bonds. The Morgan fingerprint density at radius 2 is 2.00 bits per heavy atom. The maximum absolute atomic E-state index is 5.99. The number of halogens is 2. The molecule has 0 aliphatic heterocycles. The Labute approximate surface area is 132 Å². The first kappa shape index (κ1) is 14.8. The monoisotopic (exact) mass is 354 g/mol. The summed E-state index contributed by atoms with van der Waals surface area (Å²) < 4.78 is 1.13. The van der Waals surface area contributed by atoms with Gasteiger partial charge < -0.3 is 0 Å². The van der Waals surface area contributed by atoms with Crippen molar-refractivity contribution in [1.29, 1.82) is 0 Å². The average molecular weight is 356 g/mol. The fourth-order valence-corrected chi connectivity index (χ4v) is 3.82. The smallest absolute Gasteiger partial charge is 0.0439 e. The van der Waals surface area contributed by atoms with E-state index in [0.29, 0.717) is 11.8 Å². The summed E-state index contributed by atoms with van der Waals surface area (Å²) in [4.78, 5) is 2.53. The Bertz CT molecular complexity index is 584. The second kappa shape index (κ2) is 6.74. The summed E-state index contributed by atoms with van der Waals surface area (Å²) >= 11 is 11.4. The van der Waals surface area contributed by atoms with E-state index in [-0.39, 0.29) is 0 Å². The molecule has 1 aromatic heterocycles. The number of allylic oxidation sites excluding steroid dienone is 1. The van der Waals surface area contributed by atoms with Crippen LogP contribution in [-0.2, 0) is 0 Å². The number of hydrogen-bond acceptors (Lipinski definition) is 1. The van der Waals surface area contributed by atoms with Crippen LogP contribution in [0.3, 0.4) is 0 Å². The molecule has 2 aromatic rings. The van der Waals surface area contributed by atoms with Crippen LogP contribution in [0, 0.1) is 5.92 Å². The highest BCUT2D eigenvalue weighted by Gasteiger charge is 2.07. The SMILES string of the molecule is CC(C)C(=Cc1ccc(-c2ccccc2Br)s1)CCl. The lowest BCUT2D eigenvalue weighted by Gasteiger charge is -2.06. The summed E-state index contributed by atoms with van der Waals surface area (Å²) in [6.07, 6.45) is 2.21. The van der Waals surface area contributed by atoms with Gasteiger partial charge >= 0.3 is 0 Å². The second-order valence-corrected chi connectivity index (χ2v) is 6.93. The van der Waals surface area contributed by atoms with Gasteiger partial charge in [-0.25, -0.2) is 0 Å². The summed E-state index contributed by atoms with van der Waals surface area (Å²) in [7, 11) is 0. The first-order valence-electron chi connectivity index (χ1n) is 6.23. The van der Waals surface area contributed by atoms with Crippen LogP contribution in [0.1, 0.15) is 18.7 Å². The van der Waals surface area contributed by atoms with Gasteiger partial charge in [0.1, 0.15) is 0 Å². The predicted molar refractivity (Wildman–Crippen MR) is 91.0 cm³/mol. The molecule has 0 N–H and O–H groups in total. The Hall–Kier alpha value is -0.570. The zero-order valence-corrected chi connectivity index (χ0v) is 14.1. The van der Waals surface area contributed by atoms with Gasteiger partial charge in [-0.15, -0.1) is 22.9 Å². The molecule has 1 aromatic carbocycles. The maximum Gasteiger partial charge on any atom is 0.0439 e. The van der Waals surface area contributed by atoms with Crippen LogP contribution in [-0.4, -0.2) is 5.88 Å². The fourth-order valence-electron chi connectivity index (χ4n) is 1.78. The van der Waals surface area contributed by atoms with Crippen molar-refractivity contribution in [2.24, 2.45) is 5.92 Å². The number of thiophene rings is 1. The van der Waals surface area contributed by atoms with Crippen molar-refractivity contribution in [2.75, 3.05) is 5.88 Å². The second-order valence-electron chi connectivity index (χ2n) is 4.69. The molecular formula is C16H16BrClS. The number of hydrogen-bond donors (Lipinski definition) is 0. The molecular weight excluding hydrogens is 340 g/mol. The molecule has 0 atom stereocenters. The van der Waals surface area contributed by atoms with Crippen molar-refractivity contribution in [1.82, 2.24) is 0 Å². The summed E-state index contributed by atoms with van der Waals surface area (Å²) in [5.41, 5.74) is 2.52. The molecule has 0 bridgehead atoms. The Balaban J connectivity index is 2.32. The van der Waals surface area contributed by atoms with E-state index in [2.05, 4.69) is 66.2 Å². The van der Waals surface area contributed by atoms with Crippen molar-refractivity contribution in [3.8, 4) is 10.4 Å². The minimum absolute atomic E-state index is 0.492. The highest BCUT2D eigenvalue weighted by Crippen LogP contribution is 2.34. The summed E-state index contributed by atoms with van der Waals surface area (Å²) in [5.74, 6) is 1.09. The van der Waals surface area contributed by atoms with E-state index in [1.54, 1.807) is 11.3 Å². The normalized spacial score (nSPS) is 12.2. The minimum atomic E-state index is 0.492. The summed E-state index contributed by atoms with van der Waals surface area (Å²) in [6.45, 7) is 4.35. The van der Waals surface area contributed by atoms with Gasteiger partial charge in [0, 0.05) is 25.7 Å². The predicted octanol–water partition coefficient (Wildman–Crippen LogP) is 6.46. The molecule has 2 rings (SSSR count). The third-order valence-electron chi connectivity index (χ3n) is 2.99. The number of benzene rings is 1. The molecule has 0 nitrogen and oxygen atoms in total. The van der Waals surface area contributed by atoms with E-state index in [4.69, 9.17) is 11.6 Å². The third kappa shape index (κ3) is 3.71. The average Bonchev–Trinajstić information content (AvgIpc) is 2.84. The Kier molecular flexibility index (Phi) is 5.26. The molecule has 0 spiro atoms. The van der Waals surface area contributed by atoms with Gasteiger partial charge in [0.2, 0.25) is 0 Å². The van der Waals surface area contributed by atoms with Crippen LogP contribution in [0.25, 0.3) is 16.5 Å². The lowest BCUT2D eigenvalue weighted by atomic mass is 10.0. The van der Waals surface area contributed by atoms with Gasteiger partial charge in [0.25, 0.3) is 0 Å². The molecule has 3 heteroatoms. The number of rotatable bonds is 4. The minimum Gasteiger partial charge on any atom is -0.136 e. The fraction of sp³-hybridized carbons (Fsp3) is 0.250. The van der Waals surface area contributed by atoms with Crippen molar-refractivity contribution in [3.63, 3.8) is 0 Å². The zero-order chi connectivity index (χ0) is 13.8. The van der Waals surface area contributed by atoms with Crippen LogP contribution < -0.4 is 0 Å². The molecule has 0 saturated heterocycles. The van der Waals surface area contributed by atoms with Gasteiger partial charge in [-0.3, -0.25) is 0 Å².